The van der Waals surface area contributed by atoms with Crippen LogP contribution in [-0.4, -0.2) is 64.6 Å². The molecule has 1 fully saturated rings. The minimum atomic E-state index is -5.04. The van der Waals surface area contributed by atoms with Crippen LogP contribution < -0.4 is 10.9 Å². The number of carbonyl (C=O) groups is 2. The van der Waals surface area contributed by atoms with Crippen LogP contribution in [-0.2, 0) is 21.9 Å². The van der Waals surface area contributed by atoms with Crippen molar-refractivity contribution in [1.82, 2.24) is 25.2 Å². The fourth-order valence-corrected chi connectivity index (χ4v) is 3.70. The van der Waals surface area contributed by atoms with Crippen LogP contribution in [0.5, 0.6) is 0 Å². The van der Waals surface area contributed by atoms with Crippen molar-refractivity contribution in [2.75, 3.05) is 38.2 Å². The Hall–Kier alpha value is -3.62. The average Bonchev–Trinajstić information content (AvgIpc) is 2.86. The fourth-order valence-electron chi connectivity index (χ4n) is 3.70. The molecule has 1 aromatic carbocycles. The molecule has 38 heavy (non-hydrogen) atoms. The Morgan fingerprint density at radius 2 is 1.50 bits per heavy atom. The highest BCUT2D eigenvalue weighted by atomic mass is 19.4. The lowest BCUT2D eigenvalue weighted by molar-refractivity contribution is -0.143. The van der Waals surface area contributed by atoms with E-state index in [9.17, 15) is 35.9 Å². The van der Waals surface area contributed by atoms with E-state index in [2.05, 4.69) is 20.8 Å². The third-order valence-corrected chi connectivity index (χ3v) is 5.54. The van der Waals surface area contributed by atoms with Crippen molar-refractivity contribution in [3.8, 4) is 0 Å². The van der Waals surface area contributed by atoms with Crippen LogP contribution in [0.4, 0.5) is 36.8 Å². The van der Waals surface area contributed by atoms with Crippen molar-refractivity contribution in [1.29, 1.82) is 0 Å². The van der Waals surface area contributed by atoms with E-state index in [0.717, 1.165) is 0 Å². The SMILES string of the molecule is CC(C)COC(=O)N1CCN(C(C(=O)NNc2cc(C(F)(F)F)cc(C(F)(F)F)c2)c2cncnc2)CC1. The topological polar surface area (TPSA) is 99.7 Å². The zero-order valence-corrected chi connectivity index (χ0v) is 20.4. The number of alkyl halides is 6. The normalized spacial score (nSPS) is 15.8. The summed E-state index contributed by atoms with van der Waals surface area (Å²) in [5, 5.41) is 0. The minimum Gasteiger partial charge on any atom is -0.449 e. The van der Waals surface area contributed by atoms with E-state index in [1.165, 1.54) is 23.6 Å². The molecule has 1 saturated heterocycles. The van der Waals surface area contributed by atoms with Gasteiger partial charge in [-0.05, 0) is 24.1 Å². The van der Waals surface area contributed by atoms with Gasteiger partial charge in [-0.1, -0.05) is 13.8 Å². The number of carbonyl (C=O) groups excluding carboxylic acids is 2. The van der Waals surface area contributed by atoms with E-state index in [1.807, 2.05) is 13.8 Å². The molecule has 2 aromatic rings. The molecule has 0 radical (unpaired) electrons. The summed E-state index contributed by atoms with van der Waals surface area (Å²) in [7, 11) is 0. The maximum Gasteiger partial charge on any atom is 0.416 e. The standard InChI is InChI=1S/C23H26F6N6O3/c1-14(2)12-38-21(37)35-5-3-34(4-6-35)19(15-10-30-13-31-11-15)20(36)33-32-18-8-16(22(24,25)26)7-17(9-18)23(27,28)29/h7-11,13-14,19,32H,3-6,12H2,1-2H3,(H,33,36). The minimum absolute atomic E-state index is 0.0111. The number of benzene rings is 1. The number of hydrazine groups is 1. The summed E-state index contributed by atoms with van der Waals surface area (Å²) < 4.78 is 84.2. The molecule has 2 amide bonds. The van der Waals surface area contributed by atoms with Gasteiger partial charge in [0.1, 0.15) is 12.4 Å². The number of hydrogen-bond acceptors (Lipinski definition) is 7. The van der Waals surface area contributed by atoms with Crippen LogP contribution in [0.25, 0.3) is 0 Å². The number of nitrogens with one attached hydrogen (secondary N) is 2. The summed E-state index contributed by atoms with van der Waals surface area (Å²) in [4.78, 5) is 36.4. The lowest BCUT2D eigenvalue weighted by Gasteiger charge is -2.38. The average molecular weight is 548 g/mol. The lowest BCUT2D eigenvalue weighted by Crippen LogP contribution is -2.53. The van der Waals surface area contributed by atoms with Crippen LogP contribution in [0.1, 0.15) is 36.6 Å². The summed E-state index contributed by atoms with van der Waals surface area (Å²) >= 11 is 0. The van der Waals surface area contributed by atoms with Gasteiger partial charge in [0.2, 0.25) is 0 Å². The van der Waals surface area contributed by atoms with E-state index in [0.29, 0.717) is 17.7 Å². The molecule has 15 heteroatoms. The number of rotatable bonds is 7. The molecule has 0 saturated carbocycles. The van der Waals surface area contributed by atoms with Crippen LogP contribution in [0.3, 0.4) is 0 Å². The Balaban J connectivity index is 1.75. The zero-order valence-electron chi connectivity index (χ0n) is 20.4. The van der Waals surface area contributed by atoms with Gasteiger partial charge >= 0.3 is 18.4 Å². The maximum absolute atomic E-state index is 13.2. The molecule has 0 bridgehead atoms. The van der Waals surface area contributed by atoms with Gasteiger partial charge in [0.15, 0.2) is 0 Å². The smallest absolute Gasteiger partial charge is 0.416 e. The second kappa shape index (κ2) is 11.8. The van der Waals surface area contributed by atoms with E-state index >= 15 is 0 Å². The summed E-state index contributed by atoms with van der Waals surface area (Å²) in [6, 6.07) is -0.150. The Labute approximate surface area is 214 Å². The molecule has 1 aliphatic rings. The first kappa shape index (κ1) is 28.9. The second-order valence-corrected chi connectivity index (χ2v) is 8.98. The van der Waals surface area contributed by atoms with Gasteiger partial charge < -0.3 is 9.64 Å². The van der Waals surface area contributed by atoms with Gasteiger partial charge in [-0.3, -0.25) is 20.5 Å². The molecule has 9 nitrogen and oxygen atoms in total. The third-order valence-electron chi connectivity index (χ3n) is 5.54. The van der Waals surface area contributed by atoms with Gasteiger partial charge in [-0.2, -0.15) is 26.3 Å². The van der Waals surface area contributed by atoms with Gasteiger partial charge in [0.05, 0.1) is 23.4 Å². The first-order valence-electron chi connectivity index (χ1n) is 11.5. The van der Waals surface area contributed by atoms with E-state index < -0.39 is 47.2 Å². The van der Waals surface area contributed by atoms with Gasteiger partial charge in [-0.25, -0.2) is 14.8 Å². The van der Waals surface area contributed by atoms with Crippen LogP contribution >= 0.6 is 0 Å². The first-order chi connectivity index (χ1) is 17.8. The molecule has 0 aliphatic carbocycles. The van der Waals surface area contributed by atoms with Crippen molar-refractivity contribution in [2.45, 2.75) is 32.2 Å². The molecule has 1 atom stereocenters. The quantitative estimate of drug-likeness (QED) is 0.397. The van der Waals surface area contributed by atoms with E-state index in [-0.39, 0.29) is 44.8 Å². The number of nitrogens with zero attached hydrogens (tertiary/aromatic N) is 4. The number of ether oxygens (including phenoxy) is 1. The van der Waals surface area contributed by atoms with Gasteiger partial charge in [0, 0.05) is 44.1 Å². The maximum atomic E-state index is 13.2. The first-order valence-corrected chi connectivity index (χ1v) is 11.5. The number of anilines is 1. The predicted molar refractivity (Wildman–Crippen MR) is 122 cm³/mol. The molecular weight excluding hydrogens is 522 g/mol. The molecule has 208 valence electrons. The summed E-state index contributed by atoms with van der Waals surface area (Å²) in [5.41, 5.74) is 1.02. The lowest BCUT2D eigenvalue weighted by atomic mass is 10.1. The van der Waals surface area contributed by atoms with Crippen LogP contribution in [0.15, 0.2) is 36.9 Å². The van der Waals surface area contributed by atoms with Crippen molar-refractivity contribution >= 4 is 17.7 Å². The monoisotopic (exact) mass is 548 g/mol. The zero-order chi connectivity index (χ0) is 28.1. The Morgan fingerprint density at radius 1 is 0.947 bits per heavy atom. The largest absolute Gasteiger partial charge is 0.449 e. The highest BCUT2D eigenvalue weighted by Crippen LogP contribution is 2.37. The Kier molecular flexibility index (Phi) is 9.01. The number of aromatic nitrogens is 2. The number of amides is 2. The molecule has 1 aromatic heterocycles. The summed E-state index contributed by atoms with van der Waals surface area (Å²) in [5.74, 6) is -0.621. The number of hydrogen-bond donors (Lipinski definition) is 2. The van der Waals surface area contributed by atoms with Gasteiger partial charge in [0.25, 0.3) is 5.91 Å². The van der Waals surface area contributed by atoms with Crippen molar-refractivity contribution in [3.63, 3.8) is 0 Å². The highest BCUT2D eigenvalue weighted by molar-refractivity contribution is 5.84. The molecule has 2 heterocycles. The predicted octanol–water partition coefficient (Wildman–Crippen LogP) is 4.11. The Morgan fingerprint density at radius 3 is 2.00 bits per heavy atom. The summed E-state index contributed by atoms with van der Waals surface area (Å²) in [6.45, 7) is 4.95. The molecule has 1 aliphatic heterocycles. The van der Waals surface area contributed by atoms with Crippen molar-refractivity contribution in [3.05, 3.63) is 53.6 Å². The van der Waals surface area contributed by atoms with Crippen LogP contribution in [0.2, 0.25) is 0 Å². The number of halogens is 6. The highest BCUT2D eigenvalue weighted by Gasteiger charge is 2.37. The Bertz CT molecular complexity index is 1070. The molecule has 1 unspecified atom stereocenters. The molecule has 2 N–H and O–H groups in total. The van der Waals surface area contributed by atoms with Gasteiger partial charge in [-0.15, -0.1) is 0 Å². The van der Waals surface area contributed by atoms with Crippen molar-refractivity contribution in [2.24, 2.45) is 5.92 Å². The number of piperazine rings is 1. The molecule has 0 spiro atoms. The summed E-state index contributed by atoms with van der Waals surface area (Å²) in [6.07, 6.45) is -6.60. The third kappa shape index (κ3) is 7.69. The second-order valence-electron chi connectivity index (χ2n) is 8.98. The fraction of sp³-hybridized carbons (Fsp3) is 0.478. The molecule has 3 rings (SSSR count). The van der Waals surface area contributed by atoms with Crippen molar-refractivity contribution < 1.29 is 40.7 Å². The van der Waals surface area contributed by atoms with Crippen LogP contribution in [0, 0.1) is 5.92 Å². The van der Waals surface area contributed by atoms with E-state index in [1.54, 1.807) is 4.90 Å². The van der Waals surface area contributed by atoms with E-state index in [4.69, 9.17) is 4.74 Å². The molecular formula is C23H26F6N6O3.